The summed E-state index contributed by atoms with van der Waals surface area (Å²) in [7, 11) is -3.72. The molecule has 2 atom stereocenters. The van der Waals surface area contributed by atoms with E-state index in [-0.39, 0.29) is 37.4 Å². The van der Waals surface area contributed by atoms with Gasteiger partial charge in [-0.3, -0.25) is 13.9 Å². The summed E-state index contributed by atoms with van der Waals surface area (Å²) < 4.78 is 29.2. The van der Waals surface area contributed by atoms with Crippen LogP contribution in [-0.4, -0.2) is 43.8 Å². The molecular weight excluding hydrogens is 626 g/mol. The fraction of sp³-hybridized carbons (Fsp3) is 0.294. The third kappa shape index (κ3) is 6.78. The van der Waals surface area contributed by atoms with Crippen molar-refractivity contribution in [1.29, 1.82) is 0 Å². The highest BCUT2D eigenvalue weighted by atomic mass is 79.9. The van der Waals surface area contributed by atoms with E-state index in [2.05, 4.69) is 21.2 Å². The lowest BCUT2D eigenvalue weighted by atomic mass is 10.0. The number of rotatable bonds is 12. The van der Waals surface area contributed by atoms with Crippen LogP contribution < -0.4 is 9.62 Å². The van der Waals surface area contributed by atoms with Gasteiger partial charge in [0.05, 0.1) is 10.6 Å². The van der Waals surface area contributed by atoms with Crippen molar-refractivity contribution in [1.82, 2.24) is 10.2 Å². The molecule has 0 aliphatic carbocycles. The molecule has 43 heavy (non-hydrogen) atoms. The Labute approximate surface area is 262 Å². The summed E-state index contributed by atoms with van der Waals surface area (Å²) in [6.07, 6.45) is 1.53. The number of amides is 2. The third-order valence-electron chi connectivity index (χ3n) is 7.95. The number of anilines is 1. The normalized spacial score (nSPS) is 14.8. The van der Waals surface area contributed by atoms with Gasteiger partial charge in [-0.1, -0.05) is 89.6 Å². The lowest BCUT2D eigenvalue weighted by molar-refractivity contribution is -0.141. The molecular formula is C34H36BrN3O4S. The maximum atomic E-state index is 14.0. The molecule has 0 saturated heterocycles. The summed E-state index contributed by atoms with van der Waals surface area (Å²) in [5, 5.41) is 4.67. The number of halogens is 1. The van der Waals surface area contributed by atoms with Gasteiger partial charge in [0, 0.05) is 41.8 Å². The Morgan fingerprint density at radius 3 is 2.35 bits per heavy atom. The molecule has 1 aliphatic rings. The van der Waals surface area contributed by atoms with Crippen molar-refractivity contribution in [3.05, 3.63) is 107 Å². The Balaban J connectivity index is 1.40. The Morgan fingerprint density at radius 1 is 0.930 bits per heavy atom. The van der Waals surface area contributed by atoms with Crippen molar-refractivity contribution in [2.75, 3.05) is 10.8 Å². The van der Waals surface area contributed by atoms with Crippen molar-refractivity contribution in [2.24, 2.45) is 0 Å². The second-order valence-electron chi connectivity index (χ2n) is 11.0. The molecule has 1 aliphatic heterocycles. The van der Waals surface area contributed by atoms with Crippen LogP contribution in [0.2, 0.25) is 0 Å². The number of carbonyl (C=O) groups excluding carboxylic acids is 2. The number of benzene rings is 4. The van der Waals surface area contributed by atoms with E-state index in [1.54, 1.807) is 17.0 Å². The van der Waals surface area contributed by atoms with E-state index < -0.39 is 16.1 Å². The predicted octanol–water partition coefficient (Wildman–Crippen LogP) is 6.45. The number of nitrogens with zero attached hydrogens (tertiary/aromatic N) is 2. The zero-order valence-corrected chi connectivity index (χ0v) is 26.8. The fourth-order valence-corrected chi connectivity index (χ4v) is 7.74. The molecule has 0 bridgehead atoms. The number of carbonyl (C=O) groups is 2. The van der Waals surface area contributed by atoms with E-state index in [4.69, 9.17) is 0 Å². The summed E-state index contributed by atoms with van der Waals surface area (Å²) in [6, 6.07) is 27.5. The minimum atomic E-state index is -3.72. The quantitative estimate of drug-likeness (QED) is 0.189. The van der Waals surface area contributed by atoms with E-state index in [9.17, 15) is 18.0 Å². The van der Waals surface area contributed by atoms with Gasteiger partial charge in [-0.25, -0.2) is 8.42 Å². The maximum absolute atomic E-state index is 14.0. The van der Waals surface area contributed by atoms with E-state index in [0.717, 1.165) is 32.8 Å². The van der Waals surface area contributed by atoms with Crippen LogP contribution in [0.25, 0.3) is 10.8 Å². The lowest BCUT2D eigenvalue weighted by Gasteiger charge is -2.32. The molecule has 0 saturated carbocycles. The SMILES string of the molecule is CC[C@H](C)NC(=O)[C@@H](Cc1ccccc1)N(Cc1cccc(Br)c1)C(=O)CCCN1c2cccc3cccc(c23)S1(=O)=O. The standard InChI is InChI=1S/C34H36BrN3O4S/c1-3-24(2)36-34(40)30(22-25-11-5-4-6-12-25)37(23-26-13-7-16-28(35)21-26)32(39)19-10-20-38-29-17-8-14-27-15-9-18-31(33(27)29)43(38,41)42/h4-9,11-18,21,24,30H,3,10,19-20,22-23H2,1-2H3,(H,36,40)/t24-,30+/m0/s1. The van der Waals surface area contributed by atoms with Crippen molar-refractivity contribution < 1.29 is 18.0 Å². The van der Waals surface area contributed by atoms with Gasteiger partial charge >= 0.3 is 0 Å². The van der Waals surface area contributed by atoms with Crippen LogP contribution in [0.1, 0.15) is 44.2 Å². The zero-order chi connectivity index (χ0) is 30.6. The van der Waals surface area contributed by atoms with Crippen molar-refractivity contribution >= 4 is 54.2 Å². The second kappa shape index (κ2) is 13.3. The van der Waals surface area contributed by atoms with Crippen molar-refractivity contribution in [3.8, 4) is 0 Å². The summed E-state index contributed by atoms with van der Waals surface area (Å²) in [5.74, 6) is -0.404. The molecule has 0 fully saturated rings. The van der Waals surface area contributed by atoms with Crippen LogP contribution in [0.3, 0.4) is 0 Å². The van der Waals surface area contributed by atoms with Crippen LogP contribution in [0.4, 0.5) is 5.69 Å². The zero-order valence-electron chi connectivity index (χ0n) is 24.4. The van der Waals surface area contributed by atoms with Gasteiger partial charge in [0.25, 0.3) is 10.0 Å². The first kappa shape index (κ1) is 30.8. The van der Waals surface area contributed by atoms with Crippen molar-refractivity contribution in [3.63, 3.8) is 0 Å². The summed E-state index contributed by atoms with van der Waals surface area (Å²) >= 11 is 3.52. The molecule has 0 aromatic heterocycles. The molecule has 4 aromatic carbocycles. The molecule has 0 radical (unpaired) electrons. The number of hydrogen-bond donors (Lipinski definition) is 1. The highest BCUT2D eigenvalue weighted by Gasteiger charge is 2.36. The fourth-order valence-electron chi connectivity index (χ4n) is 5.54. The van der Waals surface area contributed by atoms with Gasteiger partial charge in [-0.2, -0.15) is 0 Å². The largest absolute Gasteiger partial charge is 0.352 e. The first-order valence-electron chi connectivity index (χ1n) is 14.6. The van der Waals surface area contributed by atoms with E-state index in [1.807, 2.05) is 92.7 Å². The molecule has 0 spiro atoms. The van der Waals surface area contributed by atoms with E-state index >= 15 is 0 Å². The predicted molar refractivity (Wildman–Crippen MR) is 174 cm³/mol. The maximum Gasteiger partial charge on any atom is 0.265 e. The van der Waals surface area contributed by atoms with Gasteiger partial charge in [0.15, 0.2) is 0 Å². The Morgan fingerprint density at radius 2 is 1.63 bits per heavy atom. The average molecular weight is 663 g/mol. The van der Waals surface area contributed by atoms with Gasteiger partial charge in [0.1, 0.15) is 6.04 Å². The molecule has 224 valence electrons. The van der Waals surface area contributed by atoms with Crippen LogP contribution >= 0.6 is 15.9 Å². The van der Waals surface area contributed by atoms with Crippen LogP contribution in [0.5, 0.6) is 0 Å². The smallest absolute Gasteiger partial charge is 0.265 e. The first-order valence-corrected chi connectivity index (χ1v) is 16.8. The van der Waals surface area contributed by atoms with Gasteiger partial charge < -0.3 is 10.2 Å². The monoisotopic (exact) mass is 661 g/mol. The summed E-state index contributed by atoms with van der Waals surface area (Å²) in [5.41, 5.74) is 2.48. The summed E-state index contributed by atoms with van der Waals surface area (Å²) in [6.45, 7) is 4.37. The molecule has 9 heteroatoms. The minimum Gasteiger partial charge on any atom is -0.352 e. The van der Waals surface area contributed by atoms with E-state index in [0.29, 0.717) is 23.4 Å². The minimum absolute atomic E-state index is 0.0432. The van der Waals surface area contributed by atoms with Crippen LogP contribution in [0.15, 0.2) is 100 Å². The molecule has 1 heterocycles. The van der Waals surface area contributed by atoms with Crippen LogP contribution in [-0.2, 0) is 32.6 Å². The molecule has 7 nitrogen and oxygen atoms in total. The van der Waals surface area contributed by atoms with Gasteiger partial charge in [0.2, 0.25) is 11.8 Å². The van der Waals surface area contributed by atoms with Crippen molar-refractivity contribution in [2.45, 2.75) is 63.1 Å². The third-order valence-corrected chi connectivity index (χ3v) is 10.3. The molecule has 4 aromatic rings. The van der Waals surface area contributed by atoms with Crippen LogP contribution in [0, 0.1) is 0 Å². The number of nitrogens with one attached hydrogen (secondary N) is 1. The number of sulfonamides is 1. The average Bonchev–Trinajstić information content (AvgIpc) is 3.22. The van der Waals surface area contributed by atoms with Gasteiger partial charge in [-0.15, -0.1) is 0 Å². The van der Waals surface area contributed by atoms with Gasteiger partial charge in [-0.05, 0) is 60.5 Å². The first-order chi connectivity index (χ1) is 20.7. The highest BCUT2D eigenvalue weighted by molar-refractivity contribution is 9.10. The second-order valence-corrected chi connectivity index (χ2v) is 13.7. The van der Waals surface area contributed by atoms with E-state index in [1.165, 1.54) is 4.31 Å². The Kier molecular flexibility index (Phi) is 9.52. The molecule has 5 rings (SSSR count). The summed E-state index contributed by atoms with van der Waals surface area (Å²) in [4.78, 5) is 29.7. The highest BCUT2D eigenvalue weighted by Crippen LogP contribution is 2.42. The Bertz CT molecular complexity index is 1720. The molecule has 0 unspecified atom stereocenters. The number of hydrogen-bond acceptors (Lipinski definition) is 4. The molecule has 1 N–H and O–H groups in total. The Hall–Kier alpha value is -3.69. The molecule has 2 amide bonds. The lowest BCUT2D eigenvalue weighted by Crippen LogP contribution is -2.52. The topological polar surface area (TPSA) is 86.8 Å².